The van der Waals surface area contributed by atoms with Crippen molar-refractivity contribution in [1.82, 2.24) is 30.2 Å². The van der Waals surface area contributed by atoms with Crippen molar-refractivity contribution in [2.45, 2.75) is 19.4 Å². The van der Waals surface area contributed by atoms with E-state index in [0.29, 0.717) is 5.96 Å². The first-order chi connectivity index (χ1) is 13.1. The van der Waals surface area contributed by atoms with Crippen LogP contribution in [0.25, 0.3) is 0 Å². The number of nitrogens with one attached hydrogen (secondary N) is 2. The van der Waals surface area contributed by atoms with E-state index in [1.165, 1.54) is 0 Å². The van der Waals surface area contributed by atoms with E-state index in [-0.39, 0.29) is 12.5 Å². The van der Waals surface area contributed by atoms with Gasteiger partial charge in [-0.2, -0.15) is 5.10 Å². The van der Waals surface area contributed by atoms with Gasteiger partial charge < -0.3 is 20.3 Å². The minimum absolute atomic E-state index is 0.0130. The number of carbonyl (C=O) groups is 1. The normalized spacial score (nSPS) is 15.6. The number of aliphatic imine (C=N–C) groups is 1. The molecule has 27 heavy (non-hydrogen) atoms. The van der Waals surface area contributed by atoms with Crippen LogP contribution in [0.4, 0.5) is 0 Å². The molecule has 0 radical (unpaired) electrons. The molecular formula is C18H33N7O2. The molecule has 9 heteroatoms. The second kappa shape index (κ2) is 12.3. The fraction of sp³-hybridized carbons (Fsp3) is 0.722. The van der Waals surface area contributed by atoms with Crippen molar-refractivity contribution >= 4 is 11.9 Å². The summed E-state index contributed by atoms with van der Waals surface area (Å²) in [5, 5.41) is 10.8. The molecule has 2 heterocycles. The molecule has 1 saturated heterocycles. The fourth-order valence-electron chi connectivity index (χ4n) is 2.68. The highest BCUT2D eigenvalue weighted by molar-refractivity contribution is 5.84. The van der Waals surface area contributed by atoms with Crippen LogP contribution in [0.2, 0.25) is 0 Å². The van der Waals surface area contributed by atoms with Gasteiger partial charge in [-0.1, -0.05) is 0 Å². The Morgan fingerprint density at radius 1 is 1.19 bits per heavy atom. The van der Waals surface area contributed by atoms with Crippen LogP contribution in [0, 0.1) is 0 Å². The van der Waals surface area contributed by atoms with Gasteiger partial charge in [0.1, 0.15) is 6.54 Å². The summed E-state index contributed by atoms with van der Waals surface area (Å²) in [5.41, 5.74) is 0. The van der Waals surface area contributed by atoms with Crippen LogP contribution in [0.3, 0.4) is 0 Å². The summed E-state index contributed by atoms with van der Waals surface area (Å²) in [5.74, 6) is 0.675. The first-order valence-corrected chi connectivity index (χ1v) is 9.65. The average molecular weight is 380 g/mol. The number of guanidine groups is 1. The van der Waals surface area contributed by atoms with Crippen molar-refractivity contribution in [2.24, 2.45) is 4.99 Å². The largest absolute Gasteiger partial charge is 0.379 e. The number of likely N-dealkylation sites (N-methyl/N-ethyl adjacent to an activating group) is 1. The SMILES string of the molecule is CN(C)C(=O)CN=C(NCCCN1CCOCC1)NCCCn1cccn1. The van der Waals surface area contributed by atoms with E-state index < -0.39 is 0 Å². The predicted octanol–water partition coefficient (Wildman–Crippen LogP) is -0.381. The quantitative estimate of drug-likeness (QED) is 0.327. The Hall–Kier alpha value is -2.13. The molecule has 152 valence electrons. The first-order valence-electron chi connectivity index (χ1n) is 9.65. The van der Waals surface area contributed by atoms with Crippen molar-refractivity contribution < 1.29 is 9.53 Å². The standard InChI is InChI=1S/C18H33N7O2/c1-23(2)17(26)16-21-18(20-7-4-10-25-11-5-8-22-25)19-6-3-9-24-12-14-27-15-13-24/h5,8,11H,3-4,6-7,9-10,12-16H2,1-2H3,(H2,19,20,21). The molecular weight excluding hydrogens is 346 g/mol. The zero-order chi connectivity index (χ0) is 19.3. The summed E-state index contributed by atoms with van der Waals surface area (Å²) >= 11 is 0. The van der Waals surface area contributed by atoms with Gasteiger partial charge in [-0.05, 0) is 25.5 Å². The van der Waals surface area contributed by atoms with Crippen LogP contribution in [-0.2, 0) is 16.1 Å². The zero-order valence-electron chi connectivity index (χ0n) is 16.6. The number of nitrogens with zero attached hydrogens (tertiary/aromatic N) is 5. The average Bonchev–Trinajstić information content (AvgIpc) is 3.19. The van der Waals surface area contributed by atoms with Gasteiger partial charge in [0.15, 0.2) is 5.96 Å². The van der Waals surface area contributed by atoms with Gasteiger partial charge in [0.05, 0.1) is 13.2 Å². The Bertz CT molecular complexity index is 554. The van der Waals surface area contributed by atoms with E-state index >= 15 is 0 Å². The van der Waals surface area contributed by atoms with E-state index in [4.69, 9.17) is 4.74 Å². The first kappa shape index (κ1) is 21.2. The van der Waals surface area contributed by atoms with Gasteiger partial charge in [-0.3, -0.25) is 14.4 Å². The van der Waals surface area contributed by atoms with Crippen molar-refractivity contribution in [3.63, 3.8) is 0 Å². The van der Waals surface area contributed by atoms with E-state index in [9.17, 15) is 4.79 Å². The highest BCUT2D eigenvalue weighted by atomic mass is 16.5. The number of morpholine rings is 1. The number of carbonyl (C=O) groups excluding carboxylic acids is 1. The number of ether oxygens (including phenoxy) is 1. The Kier molecular flexibility index (Phi) is 9.64. The molecule has 1 aliphatic heterocycles. The van der Waals surface area contributed by atoms with Crippen LogP contribution >= 0.6 is 0 Å². The van der Waals surface area contributed by atoms with Crippen molar-refractivity contribution in [2.75, 3.05) is 66.6 Å². The summed E-state index contributed by atoms with van der Waals surface area (Å²) < 4.78 is 7.28. The lowest BCUT2D eigenvalue weighted by Crippen LogP contribution is -2.41. The summed E-state index contributed by atoms with van der Waals surface area (Å²) in [6.45, 7) is 7.28. The lowest BCUT2D eigenvalue weighted by Gasteiger charge is -2.26. The molecule has 9 nitrogen and oxygen atoms in total. The summed E-state index contributed by atoms with van der Waals surface area (Å²) in [6.07, 6.45) is 5.69. The molecule has 2 N–H and O–H groups in total. The van der Waals surface area contributed by atoms with Crippen LogP contribution < -0.4 is 10.6 Å². The highest BCUT2D eigenvalue weighted by Gasteiger charge is 2.09. The van der Waals surface area contributed by atoms with Gasteiger partial charge >= 0.3 is 0 Å². The lowest BCUT2D eigenvalue weighted by atomic mass is 10.3. The minimum Gasteiger partial charge on any atom is -0.379 e. The van der Waals surface area contributed by atoms with Crippen molar-refractivity contribution in [3.8, 4) is 0 Å². The third-order valence-electron chi connectivity index (χ3n) is 4.33. The van der Waals surface area contributed by atoms with Gasteiger partial charge in [-0.25, -0.2) is 4.99 Å². The molecule has 0 bridgehead atoms. The third-order valence-corrected chi connectivity index (χ3v) is 4.33. The van der Waals surface area contributed by atoms with Gasteiger partial charge in [0, 0.05) is 59.2 Å². The summed E-state index contributed by atoms with van der Waals surface area (Å²) in [4.78, 5) is 20.2. The number of aromatic nitrogens is 2. The molecule has 1 amide bonds. The Balaban J connectivity index is 1.70. The molecule has 1 aromatic heterocycles. The van der Waals surface area contributed by atoms with Crippen LogP contribution in [-0.4, -0.2) is 98.0 Å². The molecule has 0 aromatic carbocycles. The van der Waals surface area contributed by atoms with E-state index in [1.54, 1.807) is 25.2 Å². The summed E-state index contributed by atoms with van der Waals surface area (Å²) in [6, 6.07) is 1.92. The maximum Gasteiger partial charge on any atom is 0.243 e. The van der Waals surface area contributed by atoms with Crippen LogP contribution in [0.5, 0.6) is 0 Å². The van der Waals surface area contributed by atoms with Crippen LogP contribution in [0.15, 0.2) is 23.5 Å². The van der Waals surface area contributed by atoms with E-state index in [0.717, 1.165) is 65.3 Å². The lowest BCUT2D eigenvalue weighted by molar-refractivity contribution is -0.127. The molecule has 1 fully saturated rings. The summed E-state index contributed by atoms with van der Waals surface area (Å²) in [7, 11) is 3.48. The van der Waals surface area contributed by atoms with E-state index in [1.807, 2.05) is 16.9 Å². The van der Waals surface area contributed by atoms with Gasteiger partial charge in [0.25, 0.3) is 0 Å². The number of amides is 1. The third kappa shape index (κ3) is 8.87. The Labute approximate surface area is 161 Å². The van der Waals surface area contributed by atoms with Crippen LogP contribution in [0.1, 0.15) is 12.8 Å². The predicted molar refractivity (Wildman–Crippen MR) is 106 cm³/mol. The number of hydrogen-bond donors (Lipinski definition) is 2. The molecule has 0 saturated carbocycles. The smallest absolute Gasteiger partial charge is 0.243 e. The Morgan fingerprint density at radius 2 is 1.89 bits per heavy atom. The Morgan fingerprint density at radius 3 is 2.52 bits per heavy atom. The number of hydrogen-bond acceptors (Lipinski definition) is 5. The number of rotatable bonds is 10. The maximum atomic E-state index is 11.8. The molecule has 1 aliphatic rings. The monoisotopic (exact) mass is 379 g/mol. The molecule has 1 aromatic rings. The molecule has 2 rings (SSSR count). The topological polar surface area (TPSA) is 87.0 Å². The highest BCUT2D eigenvalue weighted by Crippen LogP contribution is 1.97. The van der Waals surface area contributed by atoms with Gasteiger partial charge in [0.2, 0.25) is 5.91 Å². The molecule has 0 unspecified atom stereocenters. The van der Waals surface area contributed by atoms with Crippen molar-refractivity contribution in [1.29, 1.82) is 0 Å². The minimum atomic E-state index is -0.0130. The molecule has 0 spiro atoms. The second-order valence-corrected chi connectivity index (χ2v) is 6.74. The van der Waals surface area contributed by atoms with Gasteiger partial charge in [-0.15, -0.1) is 0 Å². The maximum absolute atomic E-state index is 11.8. The zero-order valence-corrected chi connectivity index (χ0v) is 16.6. The fourth-order valence-corrected chi connectivity index (χ4v) is 2.68. The van der Waals surface area contributed by atoms with Crippen molar-refractivity contribution in [3.05, 3.63) is 18.5 Å². The molecule has 0 aliphatic carbocycles. The second-order valence-electron chi connectivity index (χ2n) is 6.74. The molecule has 0 atom stereocenters. The number of aryl methyl sites for hydroxylation is 1. The van der Waals surface area contributed by atoms with E-state index in [2.05, 4.69) is 25.6 Å².